The van der Waals surface area contributed by atoms with Crippen molar-refractivity contribution >= 4 is 28.8 Å². The molecule has 1 unspecified atom stereocenters. The second kappa shape index (κ2) is 13.7. The molecule has 11 heteroatoms. The number of hydrogen-bond donors (Lipinski definition) is 4. The number of carbonyl (C=O) groups is 2. The molecule has 1 aliphatic rings. The normalized spacial score (nSPS) is 14.4. The number of carbonyl (C=O) groups excluding carboxylic acids is 2. The number of anilines is 2. The molecule has 2 aromatic heterocycles. The molecule has 1 amide bonds. The number of aryl methyl sites for hydroxylation is 1. The predicted molar refractivity (Wildman–Crippen MR) is 164 cm³/mol. The van der Waals surface area contributed by atoms with Crippen LogP contribution in [0.5, 0.6) is 5.75 Å². The SMILES string of the molecule is CNCCCC(NC(=O)C1CCNCC1)C(=O)c1ccc(Nc2nccn3c(-c4ccc(OC)c(F)c4)cnc23)cc1C. The standard InChI is InChI=1S/C32H38FN7O3/c1-20-17-23(7-8-24(20)29(41)26(5-4-12-34-2)39-32(42)21-10-13-35-14-11-21)38-30-31-37-19-27(40(31)16-15-36-30)22-6-9-28(43-3)25(33)18-22/h6-9,15-19,21,26,34-35H,4-5,10-14H2,1-3H3,(H,36,38)(H,39,42). The number of aromatic nitrogens is 3. The topological polar surface area (TPSA) is 122 Å². The first-order valence-corrected chi connectivity index (χ1v) is 14.6. The molecule has 3 heterocycles. The summed E-state index contributed by atoms with van der Waals surface area (Å²) in [5.41, 5.74) is 4.01. The average molecular weight is 588 g/mol. The van der Waals surface area contributed by atoms with Crippen LogP contribution in [0, 0.1) is 18.7 Å². The van der Waals surface area contributed by atoms with Crippen molar-refractivity contribution in [3.05, 3.63) is 71.9 Å². The second-order valence-corrected chi connectivity index (χ2v) is 10.8. The summed E-state index contributed by atoms with van der Waals surface area (Å²) < 4.78 is 21.3. The van der Waals surface area contributed by atoms with Gasteiger partial charge in [-0.05, 0) is 101 Å². The zero-order valence-corrected chi connectivity index (χ0v) is 24.7. The van der Waals surface area contributed by atoms with Crippen LogP contribution in [0.2, 0.25) is 0 Å². The molecule has 1 saturated heterocycles. The third-order valence-corrected chi connectivity index (χ3v) is 7.89. The number of halogens is 1. The van der Waals surface area contributed by atoms with E-state index < -0.39 is 11.9 Å². The molecular formula is C32H38FN7O3. The van der Waals surface area contributed by atoms with Crippen molar-refractivity contribution in [2.45, 2.75) is 38.6 Å². The number of methoxy groups -OCH3 is 1. The third kappa shape index (κ3) is 6.84. The van der Waals surface area contributed by atoms with Crippen LogP contribution in [-0.2, 0) is 4.79 Å². The lowest BCUT2D eigenvalue weighted by Crippen LogP contribution is -2.46. The Labute approximate surface area is 250 Å². The number of amides is 1. The lowest BCUT2D eigenvalue weighted by atomic mass is 9.93. The van der Waals surface area contributed by atoms with Gasteiger partial charge in [-0.3, -0.25) is 14.0 Å². The number of ether oxygens (including phenoxy) is 1. The summed E-state index contributed by atoms with van der Waals surface area (Å²) in [5.74, 6) is 0.0223. The van der Waals surface area contributed by atoms with E-state index in [0.717, 1.165) is 50.1 Å². The maximum atomic E-state index is 14.4. The lowest BCUT2D eigenvalue weighted by molar-refractivity contribution is -0.126. The summed E-state index contributed by atoms with van der Waals surface area (Å²) in [5, 5.41) is 12.8. The Bertz CT molecular complexity index is 1600. The highest BCUT2D eigenvalue weighted by Crippen LogP contribution is 2.29. The van der Waals surface area contributed by atoms with Crippen LogP contribution in [0.1, 0.15) is 41.6 Å². The third-order valence-electron chi connectivity index (χ3n) is 7.89. The van der Waals surface area contributed by atoms with Crippen LogP contribution in [0.3, 0.4) is 0 Å². The molecule has 0 radical (unpaired) electrons. The highest BCUT2D eigenvalue weighted by atomic mass is 19.1. The zero-order valence-electron chi connectivity index (χ0n) is 24.7. The van der Waals surface area contributed by atoms with Crippen LogP contribution < -0.4 is 26.0 Å². The van der Waals surface area contributed by atoms with Crippen LogP contribution in [-0.4, -0.2) is 65.9 Å². The van der Waals surface area contributed by atoms with Gasteiger partial charge in [-0.1, -0.05) is 0 Å². The fourth-order valence-corrected chi connectivity index (χ4v) is 5.51. The van der Waals surface area contributed by atoms with Crippen LogP contribution >= 0.6 is 0 Å². The van der Waals surface area contributed by atoms with Gasteiger partial charge < -0.3 is 26.0 Å². The summed E-state index contributed by atoms with van der Waals surface area (Å²) >= 11 is 0. The number of Topliss-reactive ketones (excluding diaryl/α,β-unsaturated/α-hetero) is 1. The van der Waals surface area contributed by atoms with Gasteiger partial charge in [-0.25, -0.2) is 14.4 Å². The van der Waals surface area contributed by atoms with Crippen LogP contribution in [0.25, 0.3) is 16.9 Å². The van der Waals surface area contributed by atoms with Crippen molar-refractivity contribution < 1.29 is 18.7 Å². The van der Waals surface area contributed by atoms with Gasteiger partial charge in [0, 0.05) is 35.1 Å². The number of benzene rings is 2. The Morgan fingerprint density at radius 3 is 2.70 bits per heavy atom. The summed E-state index contributed by atoms with van der Waals surface area (Å²) in [6.07, 6.45) is 7.96. The number of fused-ring (bicyclic) bond motifs is 1. The number of nitrogens with one attached hydrogen (secondary N) is 4. The minimum absolute atomic E-state index is 0.0455. The van der Waals surface area contributed by atoms with Crippen molar-refractivity contribution in [1.82, 2.24) is 30.3 Å². The summed E-state index contributed by atoms with van der Waals surface area (Å²) in [6, 6.07) is 9.69. The first kappa shape index (κ1) is 30.1. The molecule has 10 nitrogen and oxygen atoms in total. The van der Waals surface area contributed by atoms with E-state index in [1.54, 1.807) is 36.8 Å². The first-order chi connectivity index (χ1) is 20.9. The monoisotopic (exact) mass is 587 g/mol. The average Bonchev–Trinajstić information content (AvgIpc) is 3.46. The fourth-order valence-electron chi connectivity index (χ4n) is 5.51. The van der Waals surface area contributed by atoms with E-state index in [0.29, 0.717) is 34.7 Å². The van der Waals surface area contributed by atoms with Crippen molar-refractivity contribution in [3.8, 4) is 17.0 Å². The first-order valence-electron chi connectivity index (χ1n) is 14.6. The van der Waals surface area contributed by atoms with E-state index in [1.807, 2.05) is 30.5 Å². The Hall–Kier alpha value is -4.35. The number of hydrogen-bond acceptors (Lipinski definition) is 8. The van der Waals surface area contributed by atoms with E-state index in [9.17, 15) is 14.0 Å². The van der Waals surface area contributed by atoms with Crippen molar-refractivity contribution in [1.29, 1.82) is 0 Å². The molecule has 43 heavy (non-hydrogen) atoms. The molecule has 5 rings (SSSR count). The van der Waals surface area contributed by atoms with Gasteiger partial charge in [0.1, 0.15) is 0 Å². The highest BCUT2D eigenvalue weighted by molar-refractivity contribution is 6.03. The van der Waals surface area contributed by atoms with E-state index in [-0.39, 0.29) is 23.4 Å². The molecule has 0 saturated carbocycles. The maximum Gasteiger partial charge on any atom is 0.223 e. The minimum Gasteiger partial charge on any atom is -0.494 e. The Morgan fingerprint density at radius 1 is 1.16 bits per heavy atom. The van der Waals surface area contributed by atoms with Crippen molar-refractivity contribution in [2.75, 3.05) is 39.1 Å². The minimum atomic E-state index is -0.588. The quantitative estimate of drug-likeness (QED) is 0.143. The number of imidazole rings is 1. The molecule has 4 N–H and O–H groups in total. The maximum absolute atomic E-state index is 14.4. The molecule has 0 bridgehead atoms. The molecular weight excluding hydrogens is 549 g/mol. The largest absolute Gasteiger partial charge is 0.494 e. The van der Waals surface area contributed by atoms with Gasteiger partial charge in [0.25, 0.3) is 0 Å². The van der Waals surface area contributed by atoms with Crippen LogP contribution in [0.15, 0.2) is 55.0 Å². The molecule has 0 aliphatic carbocycles. The Balaban J connectivity index is 1.34. The summed E-state index contributed by atoms with van der Waals surface area (Å²) in [7, 11) is 3.30. The zero-order chi connectivity index (χ0) is 30.3. The van der Waals surface area contributed by atoms with Crippen molar-refractivity contribution in [3.63, 3.8) is 0 Å². The molecule has 4 aromatic rings. The number of piperidine rings is 1. The van der Waals surface area contributed by atoms with Gasteiger partial charge >= 0.3 is 0 Å². The van der Waals surface area contributed by atoms with E-state index in [2.05, 4.69) is 31.2 Å². The van der Waals surface area contributed by atoms with Crippen molar-refractivity contribution in [2.24, 2.45) is 5.92 Å². The Kier molecular flexibility index (Phi) is 9.63. The van der Waals surface area contributed by atoms with Gasteiger partial charge in [0.05, 0.1) is 25.0 Å². The van der Waals surface area contributed by atoms with Gasteiger partial charge in [-0.2, -0.15) is 0 Å². The Morgan fingerprint density at radius 2 is 1.98 bits per heavy atom. The fraction of sp³-hybridized carbons (Fsp3) is 0.375. The smallest absolute Gasteiger partial charge is 0.223 e. The summed E-state index contributed by atoms with van der Waals surface area (Å²) in [4.78, 5) is 35.7. The van der Waals surface area contributed by atoms with Crippen LogP contribution in [0.4, 0.5) is 15.9 Å². The van der Waals surface area contributed by atoms with Gasteiger partial charge in [0.2, 0.25) is 5.91 Å². The number of rotatable bonds is 12. The number of ketones is 1. The molecule has 1 atom stereocenters. The van der Waals surface area contributed by atoms with Gasteiger partial charge in [-0.15, -0.1) is 0 Å². The highest BCUT2D eigenvalue weighted by Gasteiger charge is 2.28. The second-order valence-electron chi connectivity index (χ2n) is 10.8. The molecule has 1 aliphatic heterocycles. The summed E-state index contributed by atoms with van der Waals surface area (Å²) in [6.45, 7) is 4.27. The predicted octanol–water partition coefficient (Wildman–Crippen LogP) is 4.26. The van der Waals surface area contributed by atoms with E-state index in [1.165, 1.54) is 13.2 Å². The lowest BCUT2D eigenvalue weighted by Gasteiger charge is -2.25. The molecule has 1 fully saturated rings. The molecule has 0 spiro atoms. The molecule has 2 aromatic carbocycles. The van der Waals surface area contributed by atoms with E-state index >= 15 is 0 Å². The number of nitrogens with zero attached hydrogens (tertiary/aromatic N) is 3. The van der Waals surface area contributed by atoms with Gasteiger partial charge in [0.15, 0.2) is 28.8 Å². The van der Waals surface area contributed by atoms with E-state index in [4.69, 9.17) is 4.74 Å². The molecule has 226 valence electrons.